The average molecular weight is 155 g/mol. The Kier molecular flexibility index (Phi) is 4.39. The van der Waals surface area contributed by atoms with Crippen molar-refractivity contribution in [1.82, 2.24) is 9.97 Å². The molecule has 0 radical (unpaired) electrons. The first-order chi connectivity index (χ1) is 5.13. The number of aromatic nitrogens is 2. The van der Waals surface area contributed by atoms with Gasteiger partial charge in [0.1, 0.15) is 5.82 Å². The van der Waals surface area contributed by atoms with E-state index in [1.54, 1.807) is 12.4 Å². The van der Waals surface area contributed by atoms with E-state index in [0.717, 1.165) is 6.92 Å². The second kappa shape index (κ2) is 5.16. The van der Waals surface area contributed by atoms with Crippen LogP contribution in [0.2, 0.25) is 0 Å². The van der Waals surface area contributed by atoms with Crippen LogP contribution in [-0.4, -0.2) is 21.0 Å². The first kappa shape index (κ1) is 9.35. The number of carbonyl (C=O) groups is 1. The van der Waals surface area contributed by atoms with Crippen LogP contribution < -0.4 is 5.73 Å². The fourth-order valence-corrected chi connectivity index (χ4v) is 0.311. The number of nitrogen functional groups attached to an aromatic ring is 1. The highest BCUT2D eigenvalue weighted by atomic mass is 16.4. The SMILES string of the molecule is CC(=O)O.Nc1cnccn1. The largest absolute Gasteiger partial charge is 0.481 e. The highest BCUT2D eigenvalue weighted by Crippen LogP contribution is 1.84. The molecule has 1 rings (SSSR count). The van der Waals surface area contributed by atoms with Gasteiger partial charge in [0, 0.05) is 19.3 Å². The number of hydrogen-bond donors (Lipinski definition) is 2. The van der Waals surface area contributed by atoms with Crippen molar-refractivity contribution < 1.29 is 9.90 Å². The maximum Gasteiger partial charge on any atom is 0.300 e. The smallest absolute Gasteiger partial charge is 0.300 e. The molecule has 3 N–H and O–H groups in total. The fraction of sp³-hybridized carbons (Fsp3) is 0.167. The van der Waals surface area contributed by atoms with E-state index >= 15 is 0 Å². The number of rotatable bonds is 0. The third kappa shape index (κ3) is 8.35. The van der Waals surface area contributed by atoms with Crippen LogP contribution >= 0.6 is 0 Å². The van der Waals surface area contributed by atoms with Gasteiger partial charge in [-0.3, -0.25) is 9.78 Å². The van der Waals surface area contributed by atoms with Gasteiger partial charge in [-0.05, 0) is 0 Å². The summed E-state index contributed by atoms with van der Waals surface area (Å²) in [6, 6.07) is 0. The van der Waals surface area contributed by atoms with Gasteiger partial charge in [-0.1, -0.05) is 0 Å². The Labute approximate surface area is 63.9 Å². The first-order valence-electron chi connectivity index (χ1n) is 2.84. The van der Waals surface area contributed by atoms with Crippen molar-refractivity contribution in [3.05, 3.63) is 18.6 Å². The number of anilines is 1. The zero-order chi connectivity index (χ0) is 8.69. The van der Waals surface area contributed by atoms with Crippen molar-refractivity contribution in [3.8, 4) is 0 Å². The predicted octanol–water partition coefficient (Wildman–Crippen LogP) is 0.150. The average Bonchev–Trinajstić information content (AvgIpc) is 1.87. The van der Waals surface area contributed by atoms with Crippen LogP contribution in [0.1, 0.15) is 6.92 Å². The molecule has 0 saturated heterocycles. The van der Waals surface area contributed by atoms with Crippen LogP contribution in [-0.2, 0) is 4.79 Å². The Morgan fingerprint density at radius 2 is 2.18 bits per heavy atom. The molecule has 0 fully saturated rings. The van der Waals surface area contributed by atoms with Crippen LogP contribution in [0, 0.1) is 0 Å². The van der Waals surface area contributed by atoms with Gasteiger partial charge in [0.05, 0.1) is 6.20 Å². The minimum absolute atomic E-state index is 0.461. The topological polar surface area (TPSA) is 89.1 Å². The van der Waals surface area contributed by atoms with Gasteiger partial charge >= 0.3 is 0 Å². The number of carboxylic acids is 1. The van der Waals surface area contributed by atoms with Gasteiger partial charge in [0.15, 0.2) is 0 Å². The van der Waals surface area contributed by atoms with Crippen LogP contribution in [0.25, 0.3) is 0 Å². The summed E-state index contributed by atoms with van der Waals surface area (Å²) in [7, 11) is 0. The molecule has 0 unspecified atom stereocenters. The van der Waals surface area contributed by atoms with Gasteiger partial charge in [0.25, 0.3) is 5.97 Å². The van der Waals surface area contributed by atoms with Crippen molar-refractivity contribution in [3.63, 3.8) is 0 Å². The Morgan fingerprint density at radius 1 is 1.64 bits per heavy atom. The molecule has 0 aliphatic heterocycles. The van der Waals surface area contributed by atoms with E-state index in [1.807, 2.05) is 0 Å². The van der Waals surface area contributed by atoms with E-state index in [0.29, 0.717) is 5.82 Å². The van der Waals surface area contributed by atoms with Gasteiger partial charge in [0.2, 0.25) is 0 Å². The standard InChI is InChI=1S/C4H5N3.C2H4O2/c5-4-3-6-1-2-7-4;1-2(3)4/h1-3H,(H2,5,7);1H3,(H,3,4). The van der Waals surface area contributed by atoms with Crippen molar-refractivity contribution in [2.45, 2.75) is 6.92 Å². The van der Waals surface area contributed by atoms with Gasteiger partial charge in [-0.15, -0.1) is 0 Å². The zero-order valence-corrected chi connectivity index (χ0v) is 6.06. The molecular weight excluding hydrogens is 146 g/mol. The lowest BCUT2D eigenvalue weighted by Crippen LogP contribution is -1.87. The molecule has 0 spiro atoms. The van der Waals surface area contributed by atoms with Gasteiger partial charge in [-0.25, -0.2) is 4.98 Å². The van der Waals surface area contributed by atoms with Gasteiger partial charge < -0.3 is 10.8 Å². The van der Waals surface area contributed by atoms with E-state index in [9.17, 15) is 0 Å². The molecule has 0 bridgehead atoms. The van der Waals surface area contributed by atoms with Gasteiger partial charge in [-0.2, -0.15) is 0 Å². The van der Waals surface area contributed by atoms with Crippen molar-refractivity contribution in [2.24, 2.45) is 0 Å². The molecule has 11 heavy (non-hydrogen) atoms. The summed E-state index contributed by atoms with van der Waals surface area (Å²) in [6.45, 7) is 1.08. The second-order valence-electron chi connectivity index (χ2n) is 1.65. The van der Waals surface area contributed by atoms with E-state index in [4.69, 9.17) is 15.6 Å². The Morgan fingerprint density at radius 3 is 2.36 bits per heavy atom. The minimum atomic E-state index is -0.833. The minimum Gasteiger partial charge on any atom is -0.481 e. The molecule has 0 aromatic carbocycles. The van der Waals surface area contributed by atoms with E-state index < -0.39 is 5.97 Å². The summed E-state index contributed by atoms with van der Waals surface area (Å²) in [6.07, 6.45) is 4.63. The maximum atomic E-state index is 9.00. The quantitative estimate of drug-likeness (QED) is 0.556. The van der Waals surface area contributed by atoms with Crippen LogP contribution in [0.4, 0.5) is 5.82 Å². The molecule has 5 heteroatoms. The van der Waals surface area contributed by atoms with Crippen molar-refractivity contribution in [2.75, 3.05) is 5.73 Å². The second-order valence-corrected chi connectivity index (χ2v) is 1.65. The number of aliphatic carboxylic acids is 1. The molecule has 0 aliphatic rings. The summed E-state index contributed by atoms with van der Waals surface area (Å²) < 4.78 is 0. The molecular formula is C6H9N3O2. The Hall–Kier alpha value is -1.65. The molecule has 1 aromatic heterocycles. The molecule has 1 heterocycles. The van der Waals surface area contributed by atoms with E-state index in [-0.39, 0.29) is 0 Å². The lowest BCUT2D eigenvalue weighted by atomic mass is 10.7. The highest BCUT2D eigenvalue weighted by molar-refractivity contribution is 5.62. The normalized spacial score (nSPS) is 7.73. The molecule has 60 valence electrons. The molecule has 0 amide bonds. The fourth-order valence-electron chi connectivity index (χ4n) is 0.311. The summed E-state index contributed by atoms with van der Waals surface area (Å²) in [5.74, 6) is -0.373. The monoisotopic (exact) mass is 155 g/mol. The summed E-state index contributed by atoms with van der Waals surface area (Å²) in [4.78, 5) is 16.4. The molecule has 1 aromatic rings. The number of hydrogen-bond acceptors (Lipinski definition) is 4. The third-order valence-corrected chi connectivity index (χ3v) is 0.583. The number of carboxylic acid groups (broad SMARTS) is 1. The number of nitrogens with zero attached hydrogens (tertiary/aromatic N) is 2. The van der Waals surface area contributed by atoms with Crippen molar-refractivity contribution in [1.29, 1.82) is 0 Å². The molecule has 0 saturated carbocycles. The summed E-state index contributed by atoms with van der Waals surface area (Å²) in [5.41, 5.74) is 5.18. The van der Waals surface area contributed by atoms with E-state index in [1.165, 1.54) is 6.20 Å². The zero-order valence-electron chi connectivity index (χ0n) is 6.06. The Balaban J connectivity index is 0.000000218. The molecule has 0 atom stereocenters. The third-order valence-electron chi connectivity index (χ3n) is 0.583. The lowest BCUT2D eigenvalue weighted by molar-refractivity contribution is -0.134. The number of nitrogens with two attached hydrogens (primary N) is 1. The molecule has 5 nitrogen and oxygen atoms in total. The van der Waals surface area contributed by atoms with E-state index in [2.05, 4.69) is 9.97 Å². The summed E-state index contributed by atoms with van der Waals surface area (Å²) >= 11 is 0. The predicted molar refractivity (Wildman–Crippen MR) is 39.8 cm³/mol. The lowest BCUT2D eigenvalue weighted by Gasteiger charge is -1.82. The van der Waals surface area contributed by atoms with Crippen molar-refractivity contribution >= 4 is 11.8 Å². The molecule has 0 aliphatic carbocycles. The maximum absolute atomic E-state index is 9.00. The van der Waals surface area contributed by atoms with Crippen LogP contribution in [0.5, 0.6) is 0 Å². The first-order valence-corrected chi connectivity index (χ1v) is 2.84. The summed E-state index contributed by atoms with van der Waals surface area (Å²) in [5, 5.41) is 7.42. The van der Waals surface area contributed by atoms with Crippen LogP contribution in [0.3, 0.4) is 0 Å². The highest BCUT2D eigenvalue weighted by Gasteiger charge is 1.74. The van der Waals surface area contributed by atoms with Crippen LogP contribution in [0.15, 0.2) is 18.6 Å². The Bertz CT molecular complexity index is 208.